The van der Waals surface area contributed by atoms with Gasteiger partial charge in [0.25, 0.3) is 5.78 Å². The van der Waals surface area contributed by atoms with Crippen LogP contribution in [0, 0.1) is 20.8 Å². The van der Waals surface area contributed by atoms with Crippen LogP contribution in [0.2, 0.25) is 0 Å². The van der Waals surface area contributed by atoms with Crippen molar-refractivity contribution in [1.82, 2.24) is 19.6 Å². The topological polar surface area (TPSA) is 98.2 Å². The number of benzene rings is 1. The Morgan fingerprint density at radius 1 is 1.26 bits per heavy atom. The number of hydrogen-bond acceptors (Lipinski definition) is 5. The van der Waals surface area contributed by atoms with E-state index in [1.165, 1.54) is 0 Å². The van der Waals surface area contributed by atoms with Crippen LogP contribution in [-0.4, -0.2) is 25.5 Å². The summed E-state index contributed by atoms with van der Waals surface area (Å²) in [6.07, 6.45) is 0.217. The SMILES string of the molecule is Cc1cccc(NC(=O)Cc2c(C)nc3nc(N)nn3c2C)c1. The summed E-state index contributed by atoms with van der Waals surface area (Å²) < 4.78 is 1.57. The molecule has 1 amide bonds. The first-order valence-electron chi connectivity index (χ1n) is 7.29. The molecular formula is C16H18N6O. The number of rotatable bonds is 3. The van der Waals surface area contributed by atoms with E-state index in [-0.39, 0.29) is 18.3 Å². The van der Waals surface area contributed by atoms with Gasteiger partial charge in [0.1, 0.15) is 0 Å². The molecule has 1 aromatic carbocycles. The second-order valence-electron chi connectivity index (χ2n) is 5.54. The van der Waals surface area contributed by atoms with Gasteiger partial charge in [-0.2, -0.15) is 9.50 Å². The first kappa shape index (κ1) is 15.0. The van der Waals surface area contributed by atoms with Gasteiger partial charge in [-0.1, -0.05) is 12.1 Å². The summed E-state index contributed by atoms with van der Waals surface area (Å²) in [6.45, 7) is 5.72. The molecule has 3 aromatic rings. The third-order valence-electron chi connectivity index (χ3n) is 3.70. The van der Waals surface area contributed by atoms with Gasteiger partial charge in [0, 0.05) is 22.6 Å². The molecule has 118 valence electrons. The van der Waals surface area contributed by atoms with E-state index in [4.69, 9.17) is 5.73 Å². The lowest BCUT2D eigenvalue weighted by Crippen LogP contribution is -2.17. The van der Waals surface area contributed by atoms with Gasteiger partial charge in [0.15, 0.2) is 0 Å². The summed E-state index contributed by atoms with van der Waals surface area (Å²) in [5, 5.41) is 7.01. The van der Waals surface area contributed by atoms with Gasteiger partial charge in [-0.05, 0) is 38.5 Å². The van der Waals surface area contributed by atoms with E-state index in [0.717, 1.165) is 28.2 Å². The van der Waals surface area contributed by atoms with Gasteiger partial charge >= 0.3 is 0 Å². The van der Waals surface area contributed by atoms with Gasteiger partial charge in [-0.25, -0.2) is 4.98 Å². The maximum absolute atomic E-state index is 12.3. The minimum absolute atomic E-state index is 0.101. The van der Waals surface area contributed by atoms with E-state index in [1.54, 1.807) is 4.52 Å². The fourth-order valence-electron chi connectivity index (χ4n) is 2.57. The predicted molar refractivity (Wildman–Crippen MR) is 88.2 cm³/mol. The number of nitrogen functional groups attached to an aromatic ring is 1. The van der Waals surface area contributed by atoms with Crippen molar-refractivity contribution in [3.05, 3.63) is 46.8 Å². The molecule has 7 nitrogen and oxygen atoms in total. The molecule has 2 aromatic heterocycles. The first-order valence-corrected chi connectivity index (χ1v) is 7.29. The van der Waals surface area contributed by atoms with Gasteiger partial charge < -0.3 is 11.1 Å². The number of aromatic nitrogens is 4. The second kappa shape index (κ2) is 5.68. The Hall–Kier alpha value is -2.96. The Kier molecular flexibility index (Phi) is 3.69. The van der Waals surface area contributed by atoms with Crippen LogP contribution < -0.4 is 11.1 Å². The molecule has 3 rings (SSSR count). The molecule has 0 unspecified atom stereocenters. The number of nitrogens with two attached hydrogens (primary N) is 1. The van der Waals surface area contributed by atoms with E-state index in [9.17, 15) is 4.79 Å². The molecule has 0 bridgehead atoms. The lowest BCUT2D eigenvalue weighted by atomic mass is 10.1. The molecule has 0 aliphatic heterocycles. The van der Waals surface area contributed by atoms with E-state index in [2.05, 4.69) is 20.4 Å². The fraction of sp³-hybridized carbons (Fsp3) is 0.250. The van der Waals surface area contributed by atoms with Crippen LogP contribution in [0.25, 0.3) is 5.78 Å². The van der Waals surface area contributed by atoms with Crippen molar-refractivity contribution in [3.8, 4) is 0 Å². The molecule has 0 aliphatic carbocycles. The summed E-state index contributed by atoms with van der Waals surface area (Å²) in [4.78, 5) is 20.7. The van der Waals surface area contributed by atoms with Crippen LogP contribution in [0.4, 0.5) is 11.6 Å². The van der Waals surface area contributed by atoms with Crippen molar-refractivity contribution in [1.29, 1.82) is 0 Å². The van der Waals surface area contributed by atoms with Gasteiger partial charge in [-0.15, -0.1) is 5.10 Å². The van der Waals surface area contributed by atoms with E-state index < -0.39 is 0 Å². The molecule has 2 heterocycles. The molecule has 0 spiro atoms. The number of fused-ring (bicyclic) bond motifs is 1. The summed E-state index contributed by atoms with van der Waals surface area (Å²) in [5.41, 5.74) is 9.88. The largest absolute Gasteiger partial charge is 0.366 e. The number of nitrogens with one attached hydrogen (secondary N) is 1. The minimum atomic E-state index is -0.101. The highest BCUT2D eigenvalue weighted by molar-refractivity contribution is 5.92. The summed E-state index contributed by atoms with van der Waals surface area (Å²) >= 11 is 0. The van der Waals surface area contributed by atoms with Crippen molar-refractivity contribution < 1.29 is 4.79 Å². The Labute approximate surface area is 133 Å². The highest BCUT2D eigenvalue weighted by Gasteiger charge is 2.15. The van der Waals surface area contributed by atoms with Gasteiger partial charge in [0.05, 0.1) is 6.42 Å². The average molecular weight is 310 g/mol. The zero-order valence-electron chi connectivity index (χ0n) is 13.3. The number of carbonyl (C=O) groups is 1. The standard InChI is InChI=1S/C16H18N6O/c1-9-5-4-6-12(7-9)19-14(23)8-13-10(2)18-16-20-15(17)21-22(16)11(13)3/h4-7H,8H2,1-3H3,(H2,17,21)(H,19,23). The second-order valence-corrected chi connectivity index (χ2v) is 5.54. The molecule has 0 fully saturated rings. The minimum Gasteiger partial charge on any atom is -0.366 e. The number of hydrogen-bond donors (Lipinski definition) is 2. The number of amides is 1. The molecule has 0 atom stereocenters. The molecule has 0 radical (unpaired) electrons. The van der Waals surface area contributed by atoms with Crippen molar-refractivity contribution in [2.24, 2.45) is 0 Å². The highest BCUT2D eigenvalue weighted by atomic mass is 16.1. The van der Waals surface area contributed by atoms with E-state index in [1.807, 2.05) is 45.0 Å². The highest BCUT2D eigenvalue weighted by Crippen LogP contribution is 2.16. The lowest BCUT2D eigenvalue weighted by molar-refractivity contribution is -0.115. The maximum atomic E-state index is 12.3. The Morgan fingerprint density at radius 3 is 2.78 bits per heavy atom. The van der Waals surface area contributed by atoms with Crippen molar-refractivity contribution in [2.45, 2.75) is 27.2 Å². The number of anilines is 2. The van der Waals surface area contributed by atoms with Gasteiger partial charge in [-0.3, -0.25) is 4.79 Å². The lowest BCUT2D eigenvalue weighted by Gasteiger charge is -2.11. The fourth-order valence-corrected chi connectivity index (χ4v) is 2.57. The zero-order valence-corrected chi connectivity index (χ0v) is 13.3. The molecular weight excluding hydrogens is 292 g/mol. The maximum Gasteiger partial charge on any atom is 0.254 e. The molecule has 3 N–H and O–H groups in total. The quantitative estimate of drug-likeness (QED) is 0.769. The predicted octanol–water partition coefficient (Wildman–Crippen LogP) is 1.81. The van der Waals surface area contributed by atoms with Gasteiger partial charge in [0.2, 0.25) is 11.9 Å². The molecule has 0 saturated carbocycles. The summed E-state index contributed by atoms with van der Waals surface area (Å²) in [5.74, 6) is 0.512. The van der Waals surface area contributed by atoms with E-state index >= 15 is 0 Å². The van der Waals surface area contributed by atoms with Crippen molar-refractivity contribution in [3.63, 3.8) is 0 Å². The average Bonchev–Trinajstić information content (AvgIpc) is 2.84. The van der Waals surface area contributed by atoms with Crippen molar-refractivity contribution in [2.75, 3.05) is 11.1 Å². The van der Waals surface area contributed by atoms with Crippen LogP contribution in [0.1, 0.15) is 22.5 Å². The third kappa shape index (κ3) is 2.98. The van der Waals surface area contributed by atoms with Crippen LogP contribution >= 0.6 is 0 Å². The summed E-state index contributed by atoms with van der Waals surface area (Å²) in [6, 6.07) is 7.69. The molecule has 0 aliphatic rings. The number of carbonyl (C=O) groups excluding carboxylic acids is 1. The Balaban J connectivity index is 1.87. The molecule has 0 saturated heterocycles. The Bertz CT molecular complexity index is 899. The van der Waals surface area contributed by atoms with Crippen molar-refractivity contribution >= 4 is 23.3 Å². The molecule has 7 heteroatoms. The molecule has 23 heavy (non-hydrogen) atoms. The monoisotopic (exact) mass is 310 g/mol. The smallest absolute Gasteiger partial charge is 0.254 e. The third-order valence-corrected chi connectivity index (χ3v) is 3.70. The summed E-state index contributed by atoms with van der Waals surface area (Å²) in [7, 11) is 0. The normalized spacial score (nSPS) is 10.9. The number of nitrogens with zero attached hydrogens (tertiary/aromatic N) is 4. The zero-order chi connectivity index (χ0) is 16.6. The van der Waals surface area contributed by atoms with Crippen LogP contribution in [0.3, 0.4) is 0 Å². The first-order chi connectivity index (χ1) is 10.9. The van der Waals surface area contributed by atoms with Crippen LogP contribution in [-0.2, 0) is 11.2 Å². The van der Waals surface area contributed by atoms with Crippen LogP contribution in [0.5, 0.6) is 0 Å². The van der Waals surface area contributed by atoms with Crippen LogP contribution in [0.15, 0.2) is 24.3 Å². The number of aryl methyl sites for hydroxylation is 3. The Morgan fingerprint density at radius 2 is 2.04 bits per heavy atom. The van der Waals surface area contributed by atoms with E-state index in [0.29, 0.717) is 5.78 Å².